The molecule has 0 aliphatic rings. The third kappa shape index (κ3) is 71.2. The van der Waals surface area contributed by atoms with Gasteiger partial charge in [0.05, 0.1) is 13.2 Å². The molecule has 2 unspecified atom stereocenters. The Balaban J connectivity index is 3.79. The van der Waals surface area contributed by atoms with Gasteiger partial charge in [0.15, 0.2) is 6.10 Å². The van der Waals surface area contributed by atoms with Gasteiger partial charge in [-0.2, -0.15) is 0 Å². The van der Waals surface area contributed by atoms with Crippen LogP contribution in [0.1, 0.15) is 399 Å². The lowest BCUT2D eigenvalue weighted by atomic mass is 10.0. The predicted molar refractivity (Wildman–Crippen MR) is 367 cm³/mol. The van der Waals surface area contributed by atoms with E-state index in [1.54, 1.807) is 0 Å². The van der Waals surface area contributed by atoms with Crippen LogP contribution in [0.15, 0.2) is 36.5 Å². The van der Waals surface area contributed by atoms with Crippen LogP contribution in [0.5, 0.6) is 0 Å². The van der Waals surface area contributed by atoms with E-state index in [4.69, 9.17) is 24.3 Å². The molecular weight excluding hydrogens is 1070 g/mol. The minimum absolute atomic E-state index is 0.0562. The molecule has 0 aromatic heterocycles. The summed E-state index contributed by atoms with van der Waals surface area (Å²) in [6.07, 6.45) is 89.8. The van der Waals surface area contributed by atoms with E-state index in [1.807, 2.05) is 0 Å². The molecule has 0 amide bonds. The molecule has 0 fully saturated rings. The summed E-state index contributed by atoms with van der Waals surface area (Å²) in [5, 5.41) is 0. The maximum atomic E-state index is 12.8. The average molecular weight is 1220 g/mol. The van der Waals surface area contributed by atoms with E-state index in [1.165, 1.54) is 327 Å². The van der Waals surface area contributed by atoms with Gasteiger partial charge in [-0.15, -0.1) is 0 Å². The van der Waals surface area contributed by atoms with Crippen LogP contribution in [0, 0.1) is 0 Å². The van der Waals surface area contributed by atoms with Gasteiger partial charge in [0.25, 0.3) is 0 Å². The molecule has 3 N–H and O–H groups in total. The van der Waals surface area contributed by atoms with Crippen LogP contribution in [0.25, 0.3) is 0 Å². The summed E-state index contributed by atoms with van der Waals surface area (Å²) in [7, 11) is -4.39. The summed E-state index contributed by atoms with van der Waals surface area (Å²) < 4.78 is 33.2. The van der Waals surface area contributed by atoms with E-state index in [9.17, 15) is 19.0 Å². The molecule has 0 aromatic rings. The number of hydrogen-bond acceptors (Lipinski definition) is 8. The molecule has 0 heterocycles. The predicted octanol–water partition coefficient (Wildman–Crippen LogP) is 24.6. The Morgan fingerprint density at radius 2 is 0.612 bits per heavy atom. The molecule has 0 spiro atoms. The summed E-state index contributed by atoms with van der Waals surface area (Å²) in [6.45, 7) is 3.81. The molecule has 2 atom stereocenters. The molecule has 0 aliphatic carbocycles. The third-order valence-electron chi connectivity index (χ3n) is 17.0. The molecular formula is C75H144NO8P. The number of esters is 2. The monoisotopic (exact) mass is 1220 g/mol. The van der Waals surface area contributed by atoms with Crippen molar-refractivity contribution in [2.24, 2.45) is 5.73 Å². The van der Waals surface area contributed by atoms with Crippen molar-refractivity contribution in [1.82, 2.24) is 0 Å². The molecule has 502 valence electrons. The first-order valence-corrected chi connectivity index (χ1v) is 39.0. The van der Waals surface area contributed by atoms with Crippen LogP contribution >= 0.6 is 7.82 Å². The number of ether oxygens (including phenoxy) is 2. The van der Waals surface area contributed by atoms with E-state index in [0.717, 1.165) is 38.5 Å². The van der Waals surface area contributed by atoms with Crippen molar-refractivity contribution >= 4 is 19.8 Å². The Labute approximate surface area is 528 Å². The highest BCUT2D eigenvalue weighted by Crippen LogP contribution is 2.43. The number of hydrogen-bond donors (Lipinski definition) is 2. The van der Waals surface area contributed by atoms with Gasteiger partial charge in [-0.05, 0) is 70.6 Å². The van der Waals surface area contributed by atoms with Crippen LogP contribution in [-0.4, -0.2) is 49.3 Å². The van der Waals surface area contributed by atoms with Crippen molar-refractivity contribution in [3.05, 3.63) is 36.5 Å². The zero-order valence-corrected chi connectivity index (χ0v) is 57.5. The first-order valence-electron chi connectivity index (χ1n) is 37.5. The topological polar surface area (TPSA) is 134 Å². The van der Waals surface area contributed by atoms with E-state index < -0.39 is 26.5 Å². The van der Waals surface area contributed by atoms with Gasteiger partial charge in [-0.25, -0.2) is 4.57 Å². The van der Waals surface area contributed by atoms with Gasteiger partial charge in [0, 0.05) is 19.4 Å². The van der Waals surface area contributed by atoms with Gasteiger partial charge in [-0.1, -0.05) is 352 Å². The minimum Gasteiger partial charge on any atom is -0.462 e. The maximum absolute atomic E-state index is 12.8. The SMILES string of the molecule is CCCCCCC/C=C\C/C=C\CCCCCCCCCCCCCCCCCCCCCC(=O)OC(COC(=O)CCCCCCCCCCCCCCCCCCCCCCC/C=C\CCCCCCCCCC)COP(=O)(O)OCCN. The first-order chi connectivity index (χ1) is 41.8. The Bertz CT molecular complexity index is 1490. The largest absolute Gasteiger partial charge is 0.472 e. The Morgan fingerprint density at radius 3 is 0.906 bits per heavy atom. The molecule has 0 radical (unpaired) electrons. The Kier molecular flexibility index (Phi) is 69.8. The number of phosphoric ester groups is 1. The molecule has 0 aliphatic heterocycles. The van der Waals surface area contributed by atoms with E-state index in [-0.39, 0.29) is 38.6 Å². The average Bonchev–Trinajstić information content (AvgIpc) is 3.52. The van der Waals surface area contributed by atoms with Crippen LogP contribution < -0.4 is 5.73 Å². The van der Waals surface area contributed by atoms with Crippen molar-refractivity contribution in [2.75, 3.05) is 26.4 Å². The van der Waals surface area contributed by atoms with Crippen LogP contribution in [0.2, 0.25) is 0 Å². The second kappa shape index (κ2) is 71.3. The fourth-order valence-electron chi connectivity index (χ4n) is 11.4. The summed E-state index contributed by atoms with van der Waals surface area (Å²) in [4.78, 5) is 35.4. The van der Waals surface area contributed by atoms with Crippen molar-refractivity contribution < 1.29 is 37.6 Å². The smallest absolute Gasteiger partial charge is 0.462 e. The fourth-order valence-corrected chi connectivity index (χ4v) is 12.2. The fraction of sp³-hybridized carbons (Fsp3) is 0.893. The zero-order chi connectivity index (χ0) is 61.6. The number of allylic oxidation sites excluding steroid dienone is 6. The summed E-state index contributed by atoms with van der Waals surface area (Å²) in [6, 6.07) is 0. The molecule has 85 heavy (non-hydrogen) atoms. The second-order valence-corrected chi connectivity index (χ2v) is 27.0. The Hall–Kier alpha value is -1.77. The lowest BCUT2D eigenvalue weighted by Crippen LogP contribution is -2.29. The standard InChI is InChI=1S/C75H144NO8P/c1-3-5-7-9-11-13-15-17-19-21-23-25-27-29-31-33-35-36-38-39-41-43-45-47-49-51-53-55-57-59-61-63-65-67-74(77)81-71-73(72-83-85(79,80)82-70-69-76)84-75(78)68-66-64-62-60-58-56-54-52-50-48-46-44-42-40-37-34-32-30-28-26-24-22-20-18-16-14-12-10-8-6-4-2/h16,18,21-24,73H,3-15,17,19-20,25-72,76H2,1-2H3,(H,79,80)/b18-16-,23-21-,24-22-. The summed E-state index contributed by atoms with van der Waals surface area (Å²) in [5.41, 5.74) is 5.41. The van der Waals surface area contributed by atoms with E-state index >= 15 is 0 Å². The van der Waals surface area contributed by atoms with Crippen molar-refractivity contribution in [2.45, 2.75) is 405 Å². The van der Waals surface area contributed by atoms with Gasteiger partial charge in [0.1, 0.15) is 6.61 Å². The third-order valence-corrected chi connectivity index (χ3v) is 18.0. The Morgan fingerprint density at radius 1 is 0.353 bits per heavy atom. The number of rotatable bonds is 72. The zero-order valence-electron chi connectivity index (χ0n) is 56.6. The number of nitrogens with two attached hydrogens (primary N) is 1. The minimum atomic E-state index is -4.39. The molecule has 0 saturated carbocycles. The highest BCUT2D eigenvalue weighted by atomic mass is 31.2. The molecule has 0 aromatic carbocycles. The summed E-state index contributed by atoms with van der Waals surface area (Å²) in [5.74, 6) is -0.803. The van der Waals surface area contributed by atoms with Crippen molar-refractivity contribution in [1.29, 1.82) is 0 Å². The number of carbonyl (C=O) groups is 2. The lowest BCUT2D eigenvalue weighted by Gasteiger charge is -2.19. The van der Waals surface area contributed by atoms with Crippen molar-refractivity contribution in [3.8, 4) is 0 Å². The molecule has 0 bridgehead atoms. The lowest BCUT2D eigenvalue weighted by molar-refractivity contribution is -0.161. The van der Waals surface area contributed by atoms with Gasteiger partial charge >= 0.3 is 19.8 Å². The quantitative estimate of drug-likeness (QED) is 0.0264. The highest BCUT2D eigenvalue weighted by Gasteiger charge is 2.26. The van der Waals surface area contributed by atoms with Gasteiger partial charge in [-0.3, -0.25) is 18.6 Å². The maximum Gasteiger partial charge on any atom is 0.472 e. The van der Waals surface area contributed by atoms with Crippen molar-refractivity contribution in [3.63, 3.8) is 0 Å². The van der Waals surface area contributed by atoms with Gasteiger partial charge in [0.2, 0.25) is 0 Å². The summed E-state index contributed by atoms with van der Waals surface area (Å²) >= 11 is 0. The highest BCUT2D eigenvalue weighted by molar-refractivity contribution is 7.47. The number of phosphoric acid groups is 1. The number of carbonyl (C=O) groups excluding carboxylic acids is 2. The normalized spacial score (nSPS) is 13.0. The first kappa shape index (κ1) is 83.2. The molecule has 10 heteroatoms. The van der Waals surface area contributed by atoms with Crippen LogP contribution in [0.3, 0.4) is 0 Å². The van der Waals surface area contributed by atoms with Crippen LogP contribution in [-0.2, 0) is 32.7 Å². The van der Waals surface area contributed by atoms with E-state index in [2.05, 4.69) is 50.3 Å². The van der Waals surface area contributed by atoms with Crippen LogP contribution in [0.4, 0.5) is 0 Å². The molecule has 9 nitrogen and oxygen atoms in total. The van der Waals surface area contributed by atoms with E-state index in [0.29, 0.717) is 6.42 Å². The molecule has 0 saturated heterocycles. The second-order valence-electron chi connectivity index (χ2n) is 25.5. The number of unbranched alkanes of at least 4 members (excludes halogenated alkanes) is 53. The molecule has 0 rings (SSSR count). The van der Waals surface area contributed by atoms with Gasteiger partial charge < -0.3 is 20.1 Å².